The van der Waals surface area contributed by atoms with Crippen molar-refractivity contribution in [1.29, 1.82) is 0 Å². The number of nitrogens with one attached hydrogen (secondary N) is 1. The van der Waals surface area contributed by atoms with Gasteiger partial charge in [-0.3, -0.25) is 4.79 Å². The highest BCUT2D eigenvalue weighted by molar-refractivity contribution is 5.73. The van der Waals surface area contributed by atoms with E-state index in [1.165, 1.54) is 14.0 Å². The van der Waals surface area contributed by atoms with Crippen LogP contribution in [0.2, 0.25) is 0 Å². The Hall–Kier alpha value is -1.29. The maximum Gasteiger partial charge on any atom is 0.217 e. The number of aliphatic hydroxyl groups excluding tert-OH is 11. The number of aliphatic hydroxyl groups is 11. The molecule has 4 fully saturated rings. The lowest BCUT2D eigenvalue weighted by molar-refractivity contribution is -0.375. The first-order valence-electron chi connectivity index (χ1n) is 15.8. The molecule has 4 aliphatic heterocycles. The fraction of sp³-hybridized carbons (Fsp3) is 0.964. The Labute approximate surface area is 280 Å². The molecule has 21 nitrogen and oxygen atoms in total. The standard InChI is InChI=1S/C28H49NO20/c1-8-15(34)20(39)23(12(6-32)43-8)47-28-22(41)25(18(37)13(46-28)7-42-3)49-26-14(29-9(2)33)24(17(36)11(5-31)44-26)48-27-21(40)19(38)16(35)10(4-30)45-27/h8,10-28,30-32,34-41H,4-7H2,1-3H3,(H,29,33)/t8-,10?,11?,12?,13?,14?,15?,16-,17+,18-,19-,20+,21?,22?,23+,24+,25-,26-,27-,28-/m0/s1. The summed E-state index contributed by atoms with van der Waals surface area (Å²) in [5, 5.41) is 118. The minimum absolute atomic E-state index is 0.290. The number of rotatable bonds is 12. The highest BCUT2D eigenvalue weighted by atomic mass is 16.8. The normalized spacial score (nSPS) is 49.4. The Bertz CT molecular complexity index is 1040. The molecule has 4 aliphatic rings. The van der Waals surface area contributed by atoms with Crippen LogP contribution in [0.25, 0.3) is 0 Å². The van der Waals surface area contributed by atoms with Crippen molar-refractivity contribution in [2.24, 2.45) is 0 Å². The molecule has 1 amide bonds. The van der Waals surface area contributed by atoms with Crippen molar-refractivity contribution in [1.82, 2.24) is 5.32 Å². The molecule has 21 heteroatoms. The van der Waals surface area contributed by atoms with Crippen molar-refractivity contribution in [2.75, 3.05) is 33.5 Å². The first-order valence-corrected chi connectivity index (χ1v) is 15.8. The largest absolute Gasteiger partial charge is 0.394 e. The molecule has 4 rings (SSSR count). The van der Waals surface area contributed by atoms with Gasteiger partial charge in [-0.25, -0.2) is 0 Å². The zero-order valence-electron chi connectivity index (χ0n) is 27.0. The predicted molar refractivity (Wildman–Crippen MR) is 154 cm³/mol. The van der Waals surface area contributed by atoms with Gasteiger partial charge in [0.05, 0.1) is 32.5 Å². The van der Waals surface area contributed by atoms with Gasteiger partial charge >= 0.3 is 0 Å². The van der Waals surface area contributed by atoms with E-state index in [4.69, 9.17) is 37.9 Å². The summed E-state index contributed by atoms with van der Waals surface area (Å²) in [5.74, 6) is -0.722. The molecule has 4 saturated heterocycles. The number of ether oxygens (including phenoxy) is 8. The third-order valence-corrected chi connectivity index (χ3v) is 9.02. The Kier molecular flexibility index (Phi) is 14.4. The molecule has 4 heterocycles. The Morgan fingerprint density at radius 3 is 1.67 bits per heavy atom. The van der Waals surface area contributed by atoms with Gasteiger partial charge in [0.2, 0.25) is 5.91 Å². The highest BCUT2D eigenvalue weighted by Gasteiger charge is 2.55. The van der Waals surface area contributed by atoms with Crippen LogP contribution >= 0.6 is 0 Å². The third-order valence-electron chi connectivity index (χ3n) is 9.02. The zero-order valence-corrected chi connectivity index (χ0v) is 27.0. The molecular weight excluding hydrogens is 670 g/mol. The summed E-state index contributed by atoms with van der Waals surface area (Å²) in [6.45, 7) is -0.0414. The van der Waals surface area contributed by atoms with Crippen LogP contribution in [-0.2, 0) is 42.7 Å². The molecular formula is C28H49NO20. The SMILES string of the molecule is COCC1O[C@@H](O[C@@H]2C(CO)O[C@@H](C)C(O)[C@H]2O)C(O)[C@@H](O[C@@H]2OC(CO)[C@@H](O)[C@H](O[C@@H]3OC(CO)[C@H](O)[C@H](O)C3O)C2NC(C)=O)[C@H]1O. The minimum Gasteiger partial charge on any atom is -0.394 e. The molecule has 0 aromatic heterocycles. The highest BCUT2D eigenvalue weighted by Crippen LogP contribution is 2.34. The summed E-state index contributed by atoms with van der Waals surface area (Å²) in [5.41, 5.74) is 0. The molecule has 20 atom stereocenters. The van der Waals surface area contributed by atoms with E-state index in [1.54, 1.807) is 0 Å². The van der Waals surface area contributed by atoms with Crippen molar-refractivity contribution < 1.29 is 98.9 Å². The van der Waals surface area contributed by atoms with Gasteiger partial charge in [-0.2, -0.15) is 0 Å². The summed E-state index contributed by atoms with van der Waals surface area (Å²) >= 11 is 0. The topological polar surface area (TPSA) is 325 Å². The minimum atomic E-state index is -1.92. The van der Waals surface area contributed by atoms with Crippen LogP contribution in [0.15, 0.2) is 0 Å². The van der Waals surface area contributed by atoms with E-state index in [0.29, 0.717) is 0 Å². The van der Waals surface area contributed by atoms with Crippen LogP contribution in [-0.4, -0.2) is 218 Å². The van der Waals surface area contributed by atoms with E-state index in [2.05, 4.69) is 5.32 Å². The second-order valence-electron chi connectivity index (χ2n) is 12.5. The van der Waals surface area contributed by atoms with E-state index in [-0.39, 0.29) is 6.61 Å². The predicted octanol–water partition coefficient (Wildman–Crippen LogP) is -7.88. The fourth-order valence-electron chi connectivity index (χ4n) is 6.30. The Morgan fingerprint density at radius 1 is 0.571 bits per heavy atom. The van der Waals surface area contributed by atoms with Gasteiger partial charge in [0.25, 0.3) is 0 Å². The average Bonchev–Trinajstić information content (AvgIpc) is 3.07. The number of hydrogen-bond acceptors (Lipinski definition) is 20. The quantitative estimate of drug-likeness (QED) is 0.0891. The molecule has 0 aliphatic carbocycles. The number of carbonyl (C=O) groups is 1. The smallest absolute Gasteiger partial charge is 0.217 e. The van der Waals surface area contributed by atoms with Crippen LogP contribution in [0.1, 0.15) is 13.8 Å². The summed E-state index contributed by atoms with van der Waals surface area (Å²) in [7, 11) is 1.29. The van der Waals surface area contributed by atoms with Gasteiger partial charge in [-0.15, -0.1) is 0 Å². The van der Waals surface area contributed by atoms with Gasteiger partial charge < -0.3 is 99.4 Å². The lowest BCUT2D eigenvalue weighted by Crippen LogP contribution is -2.70. The number of methoxy groups -OCH3 is 1. The van der Waals surface area contributed by atoms with E-state index in [9.17, 15) is 61.0 Å². The fourth-order valence-corrected chi connectivity index (χ4v) is 6.30. The van der Waals surface area contributed by atoms with Gasteiger partial charge in [0, 0.05) is 14.0 Å². The van der Waals surface area contributed by atoms with Crippen LogP contribution < -0.4 is 5.32 Å². The molecule has 12 N–H and O–H groups in total. The lowest BCUT2D eigenvalue weighted by Gasteiger charge is -2.50. The summed E-state index contributed by atoms with van der Waals surface area (Å²) in [6.07, 6.45) is -30.3. The van der Waals surface area contributed by atoms with Crippen molar-refractivity contribution in [3.63, 3.8) is 0 Å². The maximum absolute atomic E-state index is 12.4. The summed E-state index contributed by atoms with van der Waals surface area (Å²) < 4.78 is 45.1. The van der Waals surface area contributed by atoms with E-state index in [1.807, 2.05) is 0 Å². The molecule has 0 radical (unpaired) electrons. The summed E-state index contributed by atoms with van der Waals surface area (Å²) in [4.78, 5) is 12.4. The zero-order chi connectivity index (χ0) is 36.3. The first kappa shape index (κ1) is 40.5. The van der Waals surface area contributed by atoms with Gasteiger partial charge in [-0.1, -0.05) is 0 Å². The second-order valence-corrected chi connectivity index (χ2v) is 12.5. The molecule has 0 aromatic carbocycles. The second kappa shape index (κ2) is 17.5. The maximum atomic E-state index is 12.4. The van der Waals surface area contributed by atoms with Gasteiger partial charge in [-0.05, 0) is 6.92 Å². The van der Waals surface area contributed by atoms with E-state index in [0.717, 1.165) is 6.92 Å². The van der Waals surface area contributed by atoms with Gasteiger partial charge in [0.1, 0.15) is 97.6 Å². The Balaban J connectivity index is 1.63. The van der Waals surface area contributed by atoms with E-state index < -0.39 is 148 Å². The number of carbonyl (C=O) groups excluding carboxylic acids is 1. The summed E-state index contributed by atoms with van der Waals surface area (Å²) in [6, 6.07) is -1.55. The van der Waals surface area contributed by atoms with Crippen LogP contribution in [0, 0.1) is 0 Å². The first-order chi connectivity index (χ1) is 23.2. The molecule has 49 heavy (non-hydrogen) atoms. The van der Waals surface area contributed by atoms with E-state index >= 15 is 0 Å². The molecule has 286 valence electrons. The lowest BCUT2D eigenvalue weighted by atomic mass is 9.94. The molecule has 0 aromatic rings. The average molecular weight is 720 g/mol. The molecule has 0 bridgehead atoms. The molecule has 8 unspecified atom stereocenters. The monoisotopic (exact) mass is 719 g/mol. The number of amides is 1. The number of hydrogen-bond donors (Lipinski definition) is 12. The van der Waals surface area contributed by atoms with Crippen LogP contribution in [0.5, 0.6) is 0 Å². The van der Waals surface area contributed by atoms with Crippen LogP contribution in [0.4, 0.5) is 0 Å². The van der Waals surface area contributed by atoms with Crippen molar-refractivity contribution >= 4 is 5.91 Å². The van der Waals surface area contributed by atoms with Crippen molar-refractivity contribution in [2.45, 2.75) is 136 Å². The third kappa shape index (κ3) is 8.68. The van der Waals surface area contributed by atoms with Crippen LogP contribution in [0.3, 0.4) is 0 Å². The van der Waals surface area contributed by atoms with Crippen molar-refractivity contribution in [3.8, 4) is 0 Å². The Morgan fingerprint density at radius 2 is 1.08 bits per heavy atom. The van der Waals surface area contributed by atoms with Crippen molar-refractivity contribution in [3.05, 3.63) is 0 Å². The van der Waals surface area contributed by atoms with Gasteiger partial charge in [0.15, 0.2) is 18.9 Å². The molecule has 0 saturated carbocycles. The molecule has 0 spiro atoms.